The van der Waals surface area contributed by atoms with Crippen LogP contribution in [0.5, 0.6) is 0 Å². The lowest BCUT2D eigenvalue weighted by Crippen LogP contribution is -1.91. The monoisotopic (exact) mass is 187 g/mol. The number of carbonyl (C=O) groups is 1. The molecule has 2 heteroatoms. The van der Waals surface area contributed by atoms with Crippen LogP contribution < -0.4 is 0 Å². The van der Waals surface area contributed by atoms with Gasteiger partial charge in [0.2, 0.25) is 0 Å². The third kappa shape index (κ3) is 8.12. The SMILES string of the molecule is [CH2]CSC(=O)CCCCCCC. The topological polar surface area (TPSA) is 17.1 Å². The molecule has 0 N–H and O–H groups in total. The van der Waals surface area contributed by atoms with E-state index in [0.29, 0.717) is 10.9 Å². The Balaban J connectivity index is 3.03. The molecule has 0 aliphatic heterocycles. The Kier molecular flexibility index (Phi) is 9.13. The number of rotatable bonds is 7. The Labute approximate surface area is 80.3 Å². The maximum absolute atomic E-state index is 11.0. The summed E-state index contributed by atoms with van der Waals surface area (Å²) in [6.07, 6.45) is 6.85. The molecular weight excluding hydrogens is 168 g/mol. The van der Waals surface area contributed by atoms with E-state index in [-0.39, 0.29) is 0 Å². The molecule has 0 rings (SSSR count). The predicted molar refractivity (Wildman–Crippen MR) is 56.2 cm³/mol. The first-order valence-corrected chi connectivity index (χ1v) is 5.74. The summed E-state index contributed by atoms with van der Waals surface area (Å²) in [5, 5.41) is 0.307. The molecule has 1 nitrogen and oxygen atoms in total. The summed E-state index contributed by atoms with van der Waals surface area (Å²) in [6.45, 7) is 5.82. The number of hydrogen-bond acceptors (Lipinski definition) is 2. The predicted octanol–water partition coefficient (Wildman–Crippen LogP) is 3.44. The first kappa shape index (κ1) is 12.0. The van der Waals surface area contributed by atoms with E-state index in [1.165, 1.54) is 37.4 Å². The van der Waals surface area contributed by atoms with Crippen LogP contribution in [0.25, 0.3) is 0 Å². The highest BCUT2D eigenvalue weighted by molar-refractivity contribution is 8.13. The summed E-state index contributed by atoms with van der Waals surface area (Å²) < 4.78 is 0. The third-order valence-electron chi connectivity index (χ3n) is 1.75. The molecule has 0 aliphatic carbocycles. The van der Waals surface area contributed by atoms with Crippen molar-refractivity contribution in [3.05, 3.63) is 6.92 Å². The van der Waals surface area contributed by atoms with Crippen molar-refractivity contribution < 1.29 is 4.79 Å². The fraction of sp³-hybridized carbons (Fsp3) is 0.800. The van der Waals surface area contributed by atoms with Crippen LogP contribution in [0, 0.1) is 6.92 Å². The Hall–Kier alpha value is 0.0200. The Morgan fingerprint density at radius 3 is 2.50 bits per heavy atom. The van der Waals surface area contributed by atoms with Gasteiger partial charge in [-0.05, 0) is 13.3 Å². The number of unbranched alkanes of at least 4 members (excludes halogenated alkanes) is 4. The van der Waals surface area contributed by atoms with Crippen molar-refractivity contribution in [3.63, 3.8) is 0 Å². The first-order valence-electron chi connectivity index (χ1n) is 4.76. The smallest absolute Gasteiger partial charge is 0.188 e. The molecule has 0 bridgehead atoms. The van der Waals surface area contributed by atoms with Crippen LogP contribution in [0.1, 0.15) is 45.4 Å². The second-order valence-electron chi connectivity index (χ2n) is 2.88. The highest BCUT2D eigenvalue weighted by Gasteiger charge is 1.99. The zero-order chi connectivity index (χ0) is 9.23. The molecule has 0 aliphatic rings. The summed E-state index contributed by atoms with van der Waals surface area (Å²) >= 11 is 1.35. The normalized spacial score (nSPS) is 10.2. The van der Waals surface area contributed by atoms with Gasteiger partial charge in [0, 0.05) is 12.2 Å². The average molecular weight is 187 g/mol. The lowest BCUT2D eigenvalue weighted by atomic mass is 10.1. The molecule has 0 aromatic heterocycles. The molecule has 0 saturated carbocycles. The van der Waals surface area contributed by atoms with E-state index in [2.05, 4.69) is 13.8 Å². The summed E-state index contributed by atoms with van der Waals surface area (Å²) in [5.41, 5.74) is 0. The van der Waals surface area contributed by atoms with E-state index < -0.39 is 0 Å². The molecule has 0 atom stereocenters. The van der Waals surface area contributed by atoms with Gasteiger partial charge in [-0.2, -0.15) is 0 Å². The van der Waals surface area contributed by atoms with Crippen LogP contribution in [0.2, 0.25) is 0 Å². The van der Waals surface area contributed by atoms with Gasteiger partial charge in [0.1, 0.15) is 0 Å². The van der Waals surface area contributed by atoms with Crippen LogP contribution >= 0.6 is 11.8 Å². The van der Waals surface area contributed by atoms with Crippen molar-refractivity contribution in [2.45, 2.75) is 45.4 Å². The van der Waals surface area contributed by atoms with Crippen LogP contribution in [0.3, 0.4) is 0 Å². The quantitative estimate of drug-likeness (QED) is 0.568. The van der Waals surface area contributed by atoms with Crippen LogP contribution in [-0.4, -0.2) is 10.9 Å². The molecule has 0 amide bonds. The van der Waals surface area contributed by atoms with Crippen molar-refractivity contribution in [1.29, 1.82) is 0 Å². The van der Waals surface area contributed by atoms with Gasteiger partial charge < -0.3 is 0 Å². The highest BCUT2D eigenvalue weighted by Crippen LogP contribution is 2.10. The van der Waals surface area contributed by atoms with Crippen LogP contribution in [0.15, 0.2) is 0 Å². The lowest BCUT2D eigenvalue weighted by molar-refractivity contribution is -0.111. The molecule has 0 spiro atoms. The van der Waals surface area contributed by atoms with Gasteiger partial charge in [-0.3, -0.25) is 4.79 Å². The van der Waals surface area contributed by atoms with Crippen molar-refractivity contribution in [1.82, 2.24) is 0 Å². The number of carbonyl (C=O) groups excluding carboxylic acids is 1. The molecule has 0 aromatic carbocycles. The summed E-state index contributed by atoms with van der Waals surface area (Å²) in [4.78, 5) is 11.0. The minimum atomic E-state index is 0.307. The highest BCUT2D eigenvalue weighted by atomic mass is 32.2. The van der Waals surface area contributed by atoms with E-state index in [9.17, 15) is 4.79 Å². The van der Waals surface area contributed by atoms with Gasteiger partial charge in [-0.1, -0.05) is 44.4 Å². The maximum Gasteiger partial charge on any atom is 0.188 e. The standard InChI is InChI=1S/C10H19OS/c1-3-5-6-7-8-9-10(11)12-4-2/h2-9H2,1H3. The van der Waals surface area contributed by atoms with E-state index in [0.717, 1.165) is 12.8 Å². The summed E-state index contributed by atoms with van der Waals surface area (Å²) in [5.74, 6) is 0.674. The van der Waals surface area contributed by atoms with E-state index in [4.69, 9.17) is 0 Å². The van der Waals surface area contributed by atoms with E-state index >= 15 is 0 Å². The third-order valence-corrected chi connectivity index (χ3v) is 2.48. The Bertz CT molecular complexity index is 112. The molecule has 0 heterocycles. The van der Waals surface area contributed by atoms with Crippen molar-refractivity contribution >= 4 is 16.9 Å². The first-order chi connectivity index (χ1) is 5.81. The fourth-order valence-electron chi connectivity index (χ4n) is 1.06. The molecule has 0 aromatic rings. The van der Waals surface area contributed by atoms with E-state index in [1.54, 1.807) is 0 Å². The van der Waals surface area contributed by atoms with Crippen molar-refractivity contribution in [2.75, 3.05) is 5.75 Å². The summed E-state index contributed by atoms with van der Waals surface area (Å²) in [6, 6.07) is 0. The largest absolute Gasteiger partial charge is 0.287 e. The zero-order valence-electron chi connectivity index (χ0n) is 7.97. The van der Waals surface area contributed by atoms with Gasteiger partial charge in [0.05, 0.1) is 0 Å². The minimum absolute atomic E-state index is 0.307. The molecule has 71 valence electrons. The second kappa shape index (κ2) is 9.11. The Morgan fingerprint density at radius 1 is 1.25 bits per heavy atom. The van der Waals surface area contributed by atoms with Gasteiger partial charge in [-0.25, -0.2) is 0 Å². The van der Waals surface area contributed by atoms with Crippen molar-refractivity contribution in [2.24, 2.45) is 0 Å². The number of hydrogen-bond donors (Lipinski definition) is 0. The molecule has 12 heavy (non-hydrogen) atoms. The summed E-state index contributed by atoms with van der Waals surface area (Å²) in [7, 11) is 0. The van der Waals surface area contributed by atoms with Gasteiger partial charge >= 0.3 is 0 Å². The lowest BCUT2D eigenvalue weighted by Gasteiger charge is -1.98. The average Bonchev–Trinajstić information content (AvgIpc) is 2.05. The van der Waals surface area contributed by atoms with Gasteiger partial charge in [0.25, 0.3) is 0 Å². The maximum atomic E-state index is 11.0. The van der Waals surface area contributed by atoms with Crippen molar-refractivity contribution in [3.8, 4) is 0 Å². The fourth-order valence-corrected chi connectivity index (χ4v) is 1.58. The van der Waals surface area contributed by atoms with Crippen LogP contribution in [-0.2, 0) is 4.79 Å². The minimum Gasteiger partial charge on any atom is -0.287 e. The molecule has 0 saturated heterocycles. The zero-order valence-corrected chi connectivity index (χ0v) is 8.79. The van der Waals surface area contributed by atoms with Crippen LogP contribution in [0.4, 0.5) is 0 Å². The molecule has 0 unspecified atom stereocenters. The van der Waals surface area contributed by atoms with Gasteiger partial charge in [-0.15, -0.1) is 0 Å². The van der Waals surface area contributed by atoms with E-state index in [1.807, 2.05) is 0 Å². The Morgan fingerprint density at radius 2 is 1.92 bits per heavy atom. The molecule has 0 fully saturated rings. The second-order valence-corrected chi connectivity index (χ2v) is 4.04. The molecular formula is C10H19OS. The van der Waals surface area contributed by atoms with Gasteiger partial charge in [0.15, 0.2) is 5.12 Å². The molecule has 1 radical (unpaired) electrons. The number of thioether (sulfide) groups is 1.